The largest absolute Gasteiger partial charge is 0.381 e. The Bertz CT molecular complexity index is 251. The first-order valence-corrected chi connectivity index (χ1v) is 6.77. The molecular formula is C14H26N2O. The standard InChI is InChI=1S/C14H26N2O/c1-12(13-5-9-17-10-6-13)16-8-4-7-14(2,3)11-15/h12-13,16H,4-10H2,1-3H3. The Morgan fingerprint density at radius 2 is 2.06 bits per heavy atom. The Labute approximate surface area is 106 Å². The van der Waals surface area contributed by atoms with Crippen LogP contribution in [0.1, 0.15) is 46.5 Å². The number of nitrogens with one attached hydrogen (secondary N) is 1. The van der Waals surface area contributed by atoms with Crippen molar-refractivity contribution in [1.82, 2.24) is 5.32 Å². The Kier molecular flexibility index (Phi) is 5.94. The summed E-state index contributed by atoms with van der Waals surface area (Å²) >= 11 is 0. The van der Waals surface area contributed by atoms with Gasteiger partial charge in [-0.1, -0.05) is 0 Å². The summed E-state index contributed by atoms with van der Waals surface area (Å²) in [5.41, 5.74) is -0.177. The highest BCUT2D eigenvalue weighted by molar-refractivity contribution is 4.91. The maximum atomic E-state index is 8.92. The molecule has 1 rings (SSSR count). The van der Waals surface area contributed by atoms with Gasteiger partial charge in [0.15, 0.2) is 0 Å². The van der Waals surface area contributed by atoms with Gasteiger partial charge in [-0.05, 0) is 58.9 Å². The summed E-state index contributed by atoms with van der Waals surface area (Å²) in [6.07, 6.45) is 4.40. The topological polar surface area (TPSA) is 45.0 Å². The average Bonchev–Trinajstić information content (AvgIpc) is 2.35. The smallest absolute Gasteiger partial charge is 0.0683 e. The van der Waals surface area contributed by atoms with Crippen LogP contribution in [0.3, 0.4) is 0 Å². The molecule has 0 aromatic carbocycles. The van der Waals surface area contributed by atoms with E-state index in [1.165, 1.54) is 12.8 Å². The molecule has 0 aliphatic carbocycles. The molecule has 3 heteroatoms. The maximum absolute atomic E-state index is 8.92. The van der Waals surface area contributed by atoms with Gasteiger partial charge < -0.3 is 10.1 Å². The zero-order valence-electron chi connectivity index (χ0n) is 11.5. The second kappa shape index (κ2) is 6.98. The summed E-state index contributed by atoms with van der Waals surface area (Å²) in [5, 5.41) is 12.5. The fraction of sp³-hybridized carbons (Fsp3) is 0.929. The molecule has 0 saturated carbocycles. The molecule has 1 atom stereocenters. The summed E-state index contributed by atoms with van der Waals surface area (Å²) < 4.78 is 5.37. The highest BCUT2D eigenvalue weighted by atomic mass is 16.5. The lowest BCUT2D eigenvalue weighted by Gasteiger charge is -2.28. The molecule has 1 fully saturated rings. The summed E-state index contributed by atoms with van der Waals surface area (Å²) in [4.78, 5) is 0. The van der Waals surface area contributed by atoms with Gasteiger partial charge in [0.25, 0.3) is 0 Å². The molecule has 0 aromatic rings. The summed E-state index contributed by atoms with van der Waals surface area (Å²) in [7, 11) is 0. The van der Waals surface area contributed by atoms with Gasteiger partial charge in [-0.2, -0.15) is 5.26 Å². The summed E-state index contributed by atoms with van der Waals surface area (Å²) in [6, 6.07) is 2.92. The molecule has 1 heterocycles. The molecule has 1 aliphatic heterocycles. The third kappa shape index (κ3) is 5.52. The average molecular weight is 238 g/mol. The Morgan fingerprint density at radius 1 is 1.41 bits per heavy atom. The first kappa shape index (κ1) is 14.5. The Morgan fingerprint density at radius 3 is 2.65 bits per heavy atom. The third-order valence-corrected chi connectivity index (χ3v) is 3.72. The first-order valence-electron chi connectivity index (χ1n) is 6.77. The highest BCUT2D eigenvalue weighted by Crippen LogP contribution is 2.21. The van der Waals surface area contributed by atoms with Crippen LogP contribution < -0.4 is 5.32 Å². The van der Waals surface area contributed by atoms with Gasteiger partial charge >= 0.3 is 0 Å². The summed E-state index contributed by atoms with van der Waals surface area (Å²) in [5.74, 6) is 0.757. The van der Waals surface area contributed by atoms with Gasteiger partial charge in [0.1, 0.15) is 0 Å². The third-order valence-electron chi connectivity index (χ3n) is 3.72. The minimum atomic E-state index is -0.177. The van der Waals surface area contributed by atoms with Gasteiger partial charge in [0, 0.05) is 19.3 Å². The van der Waals surface area contributed by atoms with Gasteiger partial charge in [-0.25, -0.2) is 0 Å². The van der Waals surface area contributed by atoms with Crippen molar-refractivity contribution in [3.63, 3.8) is 0 Å². The lowest BCUT2D eigenvalue weighted by Crippen LogP contribution is -2.37. The quantitative estimate of drug-likeness (QED) is 0.724. The molecule has 0 aromatic heterocycles. The van der Waals surface area contributed by atoms with Crippen LogP contribution >= 0.6 is 0 Å². The second-order valence-corrected chi connectivity index (χ2v) is 5.79. The number of hydrogen-bond acceptors (Lipinski definition) is 3. The Hall–Kier alpha value is -0.590. The van der Waals surface area contributed by atoms with E-state index in [-0.39, 0.29) is 5.41 Å². The molecule has 17 heavy (non-hydrogen) atoms. The van der Waals surface area contributed by atoms with E-state index in [0.717, 1.165) is 38.5 Å². The lowest BCUT2D eigenvalue weighted by atomic mass is 9.89. The number of rotatable bonds is 6. The highest BCUT2D eigenvalue weighted by Gasteiger charge is 2.20. The molecule has 3 nitrogen and oxygen atoms in total. The minimum absolute atomic E-state index is 0.177. The van der Waals surface area contributed by atoms with Crippen LogP contribution in [-0.4, -0.2) is 25.8 Å². The van der Waals surface area contributed by atoms with Crippen LogP contribution in [0.4, 0.5) is 0 Å². The van der Waals surface area contributed by atoms with E-state index in [0.29, 0.717) is 6.04 Å². The second-order valence-electron chi connectivity index (χ2n) is 5.79. The van der Waals surface area contributed by atoms with Crippen LogP contribution in [0.2, 0.25) is 0 Å². The molecule has 1 saturated heterocycles. The van der Waals surface area contributed by atoms with Crippen LogP contribution in [0, 0.1) is 22.7 Å². The van der Waals surface area contributed by atoms with Gasteiger partial charge in [0.05, 0.1) is 11.5 Å². The van der Waals surface area contributed by atoms with E-state index in [4.69, 9.17) is 10.00 Å². The van der Waals surface area contributed by atoms with Crippen LogP contribution in [-0.2, 0) is 4.74 Å². The van der Waals surface area contributed by atoms with Crippen molar-refractivity contribution in [3.05, 3.63) is 0 Å². The number of nitriles is 1. The van der Waals surface area contributed by atoms with Gasteiger partial charge in [0.2, 0.25) is 0 Å². The fourth-order valence-corrected chi connectivity index (χ4v) is 2.30. The van der Waals surface area contributed by atoms with Gasteiger partial charge in [-0.15, -0.1) is 0 Å². The number of ether oxygens (including phenoxy) is 1. The van der Waals surface area contributed by atoms with Crippen molar-refractivity contribution < 1.29 is 4.74 Å². The normalized spacial score (nSPS) is 19.9. The predicted molar refractivity (Wildman–Crippen MR) is 69.6 cm³/mol. The maximum Gasteiger partial charge on any atom is 0.0683 e. The van der Waals surface area contributed by atoms with Crippen molar-refractivity contribution in [2.45, 2.75) is 52.5 Å². The van der Waals surface area contributed by atoms with Crippen molar-refractivity contribution in [1.29, 1.82) is 5.26 Å². The zero-order valence-corrected chi connectivity index (χ0v) is 11.5. The van der Waals surface area contributed by atoms with Crippen molar-refractivity contribution >= 4 is 0 Å². The molecule has 1 N–H and O–H groups in total. The van der Waals surface area contributed by atoms with Gasteiger partial charge in [-0.3, -0.25) is 0 Å². The molecule has 0 radical (unpaired) electrons. The van der Waals surface area contributed by atoms with E-state index in [1.54, 1.807) is 0 Å². The van der Waals surface area contributed by atoms with Crippen molar-refractivity contribution in [2.75, 3.05) is 19.8 Å². The SMILES string of the molecule is CC(NCCCC(C)(C)C#N)C1CCOCC1. The van der Waals surface area contributed by atoms with E-state index in [1.807, 2.05) is 13.8 Å². The van der Waals surface area contributed by atoms with Crippen molar-refractivity contribution in [3.8, 4) is 6.07 Å². The molecule has 98 valence electrons. The van der Waals surface area contributed by atoms with E-state index >= 15 is 0 Å². The first-order chi connectivity index (χ1) is 8.05. The number of nitrogens with zero attached hydrogens (tertiary/aromatic N) is 1. The van der Waals surface area contributed by atoms with E-state index < -0.39 is 0 Å². The molecule has 0 amide bonds. The summed E-state index contributed by atoms with van der Waals surface area (Å²) in [6.45, 7) is 9.13. The fourth-order valence-electron chi connectivity index (χ4n) is 2.30. The van der Waals surface area contributed by atoms with Crippen molar-refractivity contribution in [2.24, 2.45) is 11.3 Å². The van der Waals surface area contributed by atoms with E-state index in [9.17, 15) is 0 Å². The molecular weight excluding hydrogens is 212 g/mol. The van der Waals surface area contributed by atoms with Crippen LogP contribution in [0.5, 0.6) is 0 Å². The molecule has 1 unspecified atom stereocenters. The lowest BCUT2D eigenvalue weighted by molar-refractivity contribution is 0.0559. The van der Waals surface area contributed by atoms with Crippen LogP contribution in [0.15, 0.2) is 0 Å². The number of hydrogen-bond donors (Lipinski definition) is 1. The van der Waals surface area contributed by atoms with Crippen LogP contribution in [0.25, 0.3) is 0 Å². The molecule has 0 bridgehead atoms. The minimum Gasteiger partial charge on any atom is -0.381 e. The zero-order chi connectivity index (χ0) is 12.7. The molecule has 0 spiro atoms. The predicted octanol–water partition coefficient (Wildman–Crippen LogP) is 2.72. The monoisotopic (exact) mass is 238 g/mol. The Balaban J connectivity index is 2.11. The van der Waals surface area contributed by atoms with E-state index in [2.05, 4.69) is 18.3 Å². The molecule has 1 aliphatic rings.